The van der Waals surface area contributed by atoms with E-state index in [9.17, 15) is 0 Å². The standard InChI is InChI=1S/C12H17N3/c1-15(8-11-4-2-7-14-11)10-12(9-13)5-3-6-12/h2,4,7,14H,3,5-6,8,10H2,1H3. The monoisotopic (exact) mass is 203 g/mol. The van der Waals surface area contributed by atoms with Gasteiger partial charge in [0.05, 0.1) is 11.5 Å². The minimum absolute atomic E-state index is 0.0542. The van der Waals surface area contributed by atoms with E-state index in [1.54, 1.807) is 0 Å². The second-order valence-corrected chi connectivity index (χ2v) is 4.61. The predicted octanol–water partition coefficient (Wildman–Crippen LogP) is 2.14. The van der Waals surface area contributed by atoms with Crippen molar-refractivity contribution < 1.29 is 0 Å². The van der Waals surface area contributed by atoms with Gasteiger partial charge in [-0.3, -0.25) is 4.90 Å². The number of hydrogen-bond acceptors (Lipinski definition) is 2. The summed E-state index contributed by atoms with van der Waals surface area (Å²) >= 11 is 0. The first-order chi connectivity index (χ1) is 7.24. The van der Waals surface area contributed by atoms with Crippen molar-refractivity contribution in [2.75, 3.05) is 13.6 Å². The predicted molar refractivity (Wildman–Crippen MR) is 59.0 cm³/mol. The van der Waals surface area contributed by atoms with Gasteiger partial charge in [-0.05, 0) is 32.0 Å². The highest BCUT2D eigenvalue weighted by Crippen LogP contribution is 2.40. The van der Waals surface area contributed by atoms with E-state index < -0.39 is 0 Å². The number of H-pyrrole nitrogens is 1. The van der Waals surface area contributed by atoms with Gasteiger partial charge in [0, 0.05) is 25.0 Å². The Balaban J connectivity index is 1.87. The summed E-state index contributed by atoms with van der Waals surface area (Å²) in [5, 5.41) is 9.13. The zero-order chi connectivity index (χ0) is 10.7. The maximum atomic E-state index is 9.13. The summed E-state index contributed by atoms with van der Waals surface area (Å²) in [4.78, 5) is 5.41. The maximum Gasteiger partial charge on any atom is 0.0703 e. The van der Waals surface area contributed by atoms with Gasteiger partial charge in [-0.25, -0.2) is 0 Å². The van der Waals surface area contributed by atoms with Crippen LogP contribution in [0.2, 0.25) is 0 Å². The molecule has 0 amide bonds. The molecule has 15 heavy (non-hydrogen) atoms. The maximum absolute atomic E-state index is 9.13. The lowest BCUT2D eigenvalue weighted by molar-refractivity contribution is 0.133. The van der Waals surface area contributed by atoms with Gasteiger partial charge >= 0.3 is 0 Å². The van der Waals surface area contributed by atoms with E-state index in [0.717, 1.165) is 25.9 Å². The van der Waals surface area contributed by atoms with E-state index in [0.29, 0.717) is 0 Å². The Hall–Kier alpha value is -1.27. The smallest absolute Gasteiger partial charge is 0.0703 e. The quantitative estimate of drug-likeness (QED) is 0.814. The highest BCUT2D eigenvalue weighted by Gasteiger charge is 2.37. The third-order valence-electron chi connectivity index (χ3n) is 3.22. The highest BCUT2D eigenvalue weighted by molar-refractivity contribution is 5.07. The van der Waals surface area contributed by atoms with Crippen molar-refractivity contribution in [3.63, 3.8) is 0 Å². The van der Waals surface area contributed by atoms with E-state index in [-0.39, 0.29) is 5.41 Å². The van der Waals surface area contributed by atoms with Crippen LogP contribution in [0, 0.1) is 16.7 Å². The van der Waals surface area contributed by atoms with Crippen LogP contribution in [0.5, 0.6) is 0 Å². The van der Waals surface area contributed by atoms with Crippen molar-refractivity contribution >= 4 is 0 Å². The molecule has 1 aromatic heterocycles. The Morgan fingerprint density at radius 3 is 2.87 bits per heavy atom. The van der Waals surface area contributed by atoms with Gasteiger partial charge < -0.3 is 4.98 Å². The SMILES string of the molecule is CN(Cc1ccc[nH]1)CC1(C#N)CCC1. The first-order valence-corrected chi connectivity index (χ1v) is 5.46. The zero-order valence-corrected chi connectivity index (χ0v) is 9.16. The fourth-order valence-electron chi connectivity index (χ4n) is 2.24. The molecule has 0 aromatic carbocycles. The number of hydrogen-bond donors (Lipinski definition) is 1. The normalized spacial score (nSPS) is 18.5. The first-order valence-electron chi connectivity index (χ1n) is 5.46. The molecular formula is C12H17N3. The zero-order valence-electron chi connectivity index (χ0n) is 9.16. The lowest BCUT2D eigenvalue weighted by atomic mass is 9.70. The van der Waals surface area contributed by atoms with E-state index in [1.807, 2.05) is 12.3 Å². The fourth-order valence-corrected chi connectivity index (χ4v) is 2.24. The number of nitrogens with one attached hydrogen (secondary N) is 1. The Morgan fingerprint density at radius 1 is 1.60 bits per heavy atom. The Labute approximate surface area is 90.7 Å². The molecule has 1 saturated carbocycles. The summed E-state index contributed by atoms with van der Waals surface area (Å²) in [5.74, 6) is 0. The number of rotatable bonds is 4. The molecule has 0 atom stereocenters. The average molecular weight is 203 g/mol. The minimum Gasteiger partial charge on any atom is -0.364 e. The van der Waals surface area contributed by atoms with E-state index in [1.165, 1.54) is 12.1 Å². The molecule has 1 N–H and O–H groups in total. The molecule has 80 valence electrons. The van der Waals surface area contributed by atoms with Crippen molar-refractivity contribution in [3.8, 4) is 6.07 Å². The van der Waals surface area contributed by atoms with Crippen LogP contribution < -0.4 is 0 Å². The first kappa shape index (κ1) is 10.3. The summed E-state index contributed by atoms with van der Waals surface area (Å²) in [6.45, 7) is 1.79. The van der Waals surface area contributed by atoms with Crippen LogP contribution in [0.3, 0.4) is 0 Å². The van der Waals surface area contributed by atoms with Gasteiger partial charge in [0.1, 0.15) is 0 Å². The molecule has 3 nitrogen and oxygen atoms in total. The van der Waals surface area contributed by atoms with Gasteiger partial charge in [-0.2, -0.15) is 5.26 Å². The number of nitrogens with zero attached hydrogens (tertiary/aromatic N) is 2. The minimum atomic E-state index is -0.0542. The van der Waals surface area contributed by atoms with Gasteiger partial charge in [0.15, 0.2) is 0 Å². The molecule has 0 bridgehead atoms. The summed E-state index contributed by atoms with van der Waals surface area (Å²) < 4.78 is 0. The van der Waals surface area contributed by atoms with Gasteiger partial charge in [0.25, 0.3) is 0 Å². The van der Waals surface area contributed by atoms with Crippen LogP contribution in [0.15, 0.2) is 18.3 Å². The van der Waals surface area contributed by atoms with Crippen molar-refractivity contribution in [2.45, 2.75) is 25.8 Å². The van der Waals surface area contributed by atoms with Crippen LogP contribution in [0.25, 0.3) is 0 Å². The summed E-state index contributed by atoms with van der Waals surface area (Å²) in [6, 6.07) is 6.56. The molecule has 2 rings (SSSR count). The van der Waals surface area contributed by atoms with Crippen molar-refractivity contribution in [1.82, 2.24) is 9.88 Å². The van der Waals surface area contributed by atoms with E-state index in [2.05, 4.69) is 29.1 Å². The van der Waals surface area contributed by atoms with Crippen LogP contribution in [0.1, 0.15) is 25.0 Å². The van der Waals surface area contributed by atoms with Crippen molar-refractivity contribution in [2.24, 2.45) is 5.41 Å². The third-order valence-corrected chi connectivity index (χ3v) is 3.22. The van der Waals surface area contributed by atoms with Crippen LogP contribution in [-0.2, 0) is 6.54 Å². The van der Waals surface area contributed by atoms with Crippen LogP contribution >= 0.6 is 0 Å². The summed E-state index contributed by atoms with van der Waals surface area (Å²) in [5.41, 5.74) is 1.16. The van der Waals surface area contributed by atoms with Crippen molar-refractivity contribution in [1.29, 1.82) is 5.26 Å². The van der Waals surface area contributed by atoms with E-state index in [4.69, 9.17) is 5.26 Å². The van der Waals surface area contributed by atoms with Gasteiger partial charge in [0.2, 0.25) is 0 Å². The van der Waals surface area contributed by atoms with Crippen LogP contribution in [-0.4, -0.2) is 23.5 Å². The lowest BCUT2D eigenvalue weighted by Crippen LogP contribution is -2.39. The highest BCUT2D eigenvalue weighted by atomic mass is 15.1. The summed E-state index contributed by atoms with van der Waals surface area (Å²) in [7, 11) is 2.08. The molecule has 0 aliphatic heterocycles. The number of aromatic amines is 1. The largest absolute Gasteiger partial charge is 0.364 e. The molecule has 3 heteroatoms. The molecule has 0 radical (unpaired) electrons. The molecule has 1 aliphatic carbocycles. The fraction of sp³-hybridized carbons (Fsp3) is 0.583. The second-order valence-electron chi connectivity index (χ2n) is 4.61. The topological polar surface area (TPSA) is 42.8 Å². The number of aromatic nitrogens is 1. The third kappa shape index (κ3) is 2.21. The molecule has 1 fully saturated rings. The average Bonchev–Trinajstić information content (AvgIpc) is 2.64. The molecule has 1 heterocycles. The van der Waals surface area contributed by atoms with E-state index >= 15 is 0 Å². The van der Waals surface area contributed by atoms with Crippen molar-refractivity contribution in [3.05, 3.63) is 24.0 Å². The van der Waals surface area contributed by atoms with Gasteiger partial charge in [-0.15, -0.1) is 0 Å². The molecule has 0 unspecified atom stereocenters. The van der Waals surface area contributed by atoms with Crippen LogP contribution in [0.4, 0.5) is 0 Å². The Bertz CT molecular complexity index is 343. The number of nitriles is 1. The molecule has 0 saturated heterocycles. The molecule has 1 aromatic rings. The molecule has 0 spiro atoms. The van der Waals surface area contributed by atoms with Gasteiger partial charge in [-0.1, -0.05) is 6.42 Å². The Kier molecular flexibility index (Phi) is 2.79. The Morgan fingerprint density at radius 2 is 2.40 bits per heavy atom. The molecular weight excluding hydrogens is 186 g/mol. The molecule has 1 aliphatic rings. The second kappa shape index (κ2) is 4.08. The lowest BCUT2D eigenvalue weighted by Gasteiger charge is -2.38. The summed E-state index contributed by atoms with van der Waals surface area (Å²) in [6.07, 6.45) is 5.29.